The van der Waals surface area contributed by atoms with Gasteiger partial charge in [-0.2, -0.15) is 5.10 Å². The minimum Gasteiger partial charge on any atom is -0.354 e. The molecule has 0 atom stereocenters. The summed E-state index contributed by atoms with van der Waals surface area (Å²) < 4.78 is 2.85. The van der Waals surface area contributed by atoms with Gasteiger partial charge in [0.15, 0.2) is 0 Å². The van der Waals surface area contributed by atoms with Crippen LogP contribution in [0.4, 0.5) is 0 Å². The minimum atomic E-state index is -0.0388. The molecule has 2 aromatic heterocycles. The average molecular weight is 423 g/mol. The number of carbonyl (C=O) groups excluding carboxylic acids is 1. The van der Waals surface area contributed by atoms with Crippen molar-refractivity contribution in [3.8, 4) is 0 Å². The molecule has 0 bridgehead atoms. The highest BCUT2D eigenvalue weighted by molar-refractivity contribution is 14.1. The van der Waals surface area contributed by atoms with Crippen LogP contribution >= 0.6 is 22.6 Å². The zero-order chi connectivity index (χ0) is 16.4. The molecule has 6 nitrogen and oxygen atoms in total. The minimum absolute atomic E-state index is 0.0388. The van der Waals surface area contributed by atoms with Crippen LogP contribution < -0.4 is 5.32 Å². The molecule has 7 heteroatoms. The van der Waals surface area contributed by atoms with E-state index in [0.29, 0.717) is 13.0 Å². The zero-order valence-corrected chi connectivity index (χ0v) is 15.2. The second-order valence-electron chi connectivity index (χ2n) is 5.44. The predicted octanol–water partition coefficient (Wildman–Crippen LogP) is 2.34. The van der Waals surface area contributed by atoms with Gasteiger partial charge in [-0.3, -0.25) is 9.48 Å². The Hall–Kier alpha value is -1.90. The normalized spacial score (nSPS) is 11.1. The quantitative estimate of drug-likeness (QED) is 0.619. The molecule has 0 saturated carbocycles. The van der Waals surface area contributed by atoms with Crippen molar-refractivity contribution in [2.45, 2.75) is 26.8 Å². The summed E-state index contributed by atoms with van der Waals surface area (Å²) in [6, 6.07) is 7.90. The van der Waals surface area contributed by atoms with E-state index in [4.69, 9.17) is 0 Å². The van der Waals surface area contributed by atoms with Crippen molar-refractivity contribution in [2.24, 2.45) is 0 Å². The number of nitrogens with zero attached hydrogens (tertiary/aromatic N) is 3. The molecule has 0 fully saturated rings. The second-order valence-corrected chi connectivity index (χ2v) is 6.52. The molecular weight excluding hydrogens is 405 g/mol. The van der Waals surface area contributed by atoms with Crippen molar-refractivity contribution in [1.29, 1.82) is 0 Å². The third kappa shape index (κ3) is 3.54. The van der Waals surface area contributed by atoms with Gasteiger partial charge in [0, 0.05) is 18.7 Å². The standard InChI is InChI=1S/C16H18IN5O/c1-10-16(17)11(2)22(21-10)9-15(23)18-8-7-14-19-12-5-3-4-6-13(12)20-14/h3-6H,7-9H2,1-2H3,(H,18,23)(H,19,20). The molecule has 0 aliphatic heterocycles. The number of fused-ring (bicyclic) bond motifs is 1. The van der Waals surface area contributed by atoms with E-state index in [1.54, 1.807) is 4.68 Å². The number of halogens is 1. The van der Waals surface area contributed by atoms with E-state index >= 15 is 0 Å². The van der Waals surface area contributed by atoms with E-state index in [9.17, 15) is 4.79 Å². The number of amides is 1. The highest BCUT2D eigenvalue weighted by atomic mass is 127. The first-order chi connectivity index (χ1) is 11.0. The predicted molar refractivity (Wildman–Crippen MR) is 97.2 cm³/mol. The molecule has 3 rings (SSSR count). The van der Waals surface area contributed by atoms with Gasteiger partial charge in [0.1, 0.15) is 12.4 Å². The van der Waals surface area contributed by atoms with Crippen LogP contribution in [-0.2, 0) is 17.8 Å². The third-order valence-corrected chi connectivity index (χ3v) is 5.27. The number of carbonyl (C=O) groups is 1. The lowest BCUT2D eigenvalue weighted by atomic mass is 10.3. The van der Waals surface area contributed by atoms with E-state index in [0.717, 1.165) is 31.8 Å². The SMILES string of the molecule is Cc1nn(CC(=O)NCCc2nc3ccccc3[nH]2)c(C)c1I. The monoisotopic (exact) mass is 423 g/mol. The van der Waals surface area contributed by atoms with Crippen LogP contribution in [0.15, 0.2) is 24.3 Å². The fourth-order valence-corrected chi connectivity index (χ4v) is 2.85. The molecular formula is C16H18IN5O. The van der Waals surface area contributed by atoms with E-state index in [-0.39, 0.29) is 12.5 Å². The summed E-state index contributed by atoms with van der Waals surface area (Å²) in [7, 11) is 0. The smallest absolute Gasteiger partial charge is 0.241 e. The largest absolute Gasteiger partial charge is 0.354 e. The number of hydrogen-bond acceptors (Lipinski definition) is 3. The van der Waals surface area contributed by atoms with E-state index in [1.807, 2.05) is 38.1 Å². The molecule has 3 aromatic rings. The topological polar surface area (TPSA) is 75.6 Å². The van der Waals surface area contributed by atoms with Crippen LogP contribution in [0.1, 0.15) is 17.2 Å². The number of aromatic nitrogens is 4. The fourth-order valence-electron chi connectivity index (χ4n) is 2.47. The summed E-state index contributed by atoms with van der Waals surface area (Å²) in [6.45, 7) is 4.72. The summed E-state index contributed by atoms with van der Waals surface area (Å²) >= 11 is 2.25. The van der Waals surface area contributed by atoms with E-state index < -0.39 is 0 Å². The molecule has 0 radical (unpaired) electrons. The Kier molecular flexibility index (Phi) is 4.65. The fraction of sp³-hybridized carbons (Fsp3) is 0.312. The Labute approximate surface area is 147 Å². The highest BCUT2D eigenvalue weighted by Gasteiger charge is 2.11. The first kappa shape index (κ1) is 16.0. The average Bonchev–Trinajstić information content (AvgIpc) is 3.04. The molecule has 2 heterocycles. The lowest BCUT2D eigenvalue weighted by Crippen LogP contribution is -2.30. The van der Waals surface area contributed by atoms with Crippen molar-refractivity contribution in [1.82, 2.24) is 25.1 Å². The number of benzene rings is 1. The van der Waals surface area contributed by atoms with Crippen LogP contribution in [0, 0.1) is 17.4 Å². The molecule has 1 aromatic carbocycles. The second kappa shape index (κ2) is 6.69. The maximum Gasteiger partial charge on any atom is 0.241 e. The lowest BCUT2D eigenvalue weighted by Gasteiger charge is -2.06. The van der Waals surface area contributed by atoms with Gasteiger partial charge in [-0.05, 0) is 48.6 Å². The number of aromatic amines is 1. The molecule has 0 spiro atoms. The molecule has 2 N–H and O–H groups in total. The van der Waals surface area contributed by atoms with Crippen LogP contribution in [0.3, 0.4) is 0 Å². The van der Waals surface area contributed by atoms with Gasteiger partial charge >= 0.3 is 0 Å². The first-order valence-corrected chi connectivity index (χ1v) is 8.52. The van der Waals surface area contributed by atoms with Crippen LogP contribution in [0.2, 0.25) is 0 Å². The van der Waals surface area contributed by atoms with Crippen molar-refractivity contribution in [3.63, 3.8) is 0 Å². The Morgan fingerprint density at radius 1 is 1.35 bits per heavy atom. The first-order valence-electron chi connectivity index (χ1n) is 7.44. The number of para-hydroxylation sites is 2. The lowest BCUT2D eigenvalue weighted by molar-refractivity contribution is -0.121. The Balaban J connectivity index is 1.53. The van der Waals surface area contributed by atoms with Gasteiger partial charge in [0.05, 0.1) is 20.3 Å². The van der Waals surface area contributed by atoms with Crippen molar-refractivity contribution in [2.75, 3.05) is 6.54 Å². The Morgan fingerprint density at radius 3 is 2.83 bits per heavy atom. The molecule has 0 aliphatic rings. The number of rotatable bonds is 5. The van der Waals surface area contributed by atoms with Crippen LogP contribution in [0.25, 0.3) is 11.0 Å². The summed E-state index contributed by atoms with van der Waals surface area (Å²) in [5, 5.41) is 7.29. The molecule has 120 valence electrons. The summed E-state index contributed by atoms with van der Waals surface area (Å²) in [5.41, 5.74) is 3.95. The van der Waals surface area contributed by atoms with E-state index in [2.05, 4.69) is 43.0 Å². The van der Waals surface area contributed by atoms with Gasteiger partial charge in [0.2, 0.25) is 5.91 Å². The summed E-state index contributed by atoms with van der Waals surface area (Å²) in [5.74, 6) is 0.843. The van der Waals surface area contributed by atoms with Gasteiger partial charge in [-0.1, -0.05) is 12.1 Å². The van der Waals surface area contributed by atoms with Gasteiger partial charge in [-0.15, -0.1) is 0 Å². The maximum atomic E-state index is 12.0. The summed E-state index contributed by atoms with van der Waals surface area (Å²) in [4.78, 5) is 19.8. The number of H-pyrrole nitrogens is 1. The van der Waals surface area contributed by atoms with Gasteiger partial charge in [-0.25, -0.2) is 4.98 Å². The zero-order valence-electron chi connectivity index (χ0n) is 13.1. The van der Waals surface area contributed by atoms with Gasteiger partial charge in [0.25, 0.3) is 0 Å². The Morgan fingerprint density at radius 2 is 2.13 bits per heavy atom. The number of hydrogen-bond donors (Lipinski definition) is 2. The van der Waals surface area contributed by atoms with Crippen molar-refractivity contribution < 1.29 is 4.79 Å². The third-order valence-electron chi connectivity index (χ3n) is 3.71. The molecule has 1 amide bonds. The molecule has 0 saturated heterocycles. The number of aryl methyl sites for hydroxylation is 1. The highest BCUT2D eigenvalue weighted by Crippen LogP contribution is 2.15. The number of nitrogens with one attached hydrogen (secondary N) is 2. The van der Waals surface area contributed by atoms with Crippen LogP contribution in [0.5, 0.6) is 0 Å². The molecule has 0 unspecified atom stereocenters. The van der Waals surface area contributed by atoms with Crippen molar-refractivity contribution >= 4 is 39.5 Å². The Bertz CT molecular complexity index is 818. The van der Waals surface area contributed by atoms with E-state index in [1.165, 1.54) is 0 Å². The maximum absolute atomic E-state index is 12.0. The van der Waals surface area contributed by atoms with Crippen LogP contribution in [-0.4, -0.2) is 32.2 Å². The van der Waals surface area contributed by atoms with Gasteiger partial charge < -0.3 is 10.3 Å². The molecule has 23 heavy (non-hydrogen) atoms. The van der Waals surface area contributed by atoms with Crippen molar-refractivity contribution in [3.05, 3.63) is 45.0 Å². The molecule has 0 aliphatic carbocycles. The summed E-state index contributed by atoms with van der Waals surface area (Å²) in [6.07, 6.45) is 0.676. The number of imidazole rings is 1.